The van der Waals surface area contributed by atoms with Crippen LogP contribution >= 0.6 is 0 Å². The number of aryl methyl sites for hydroxylation is 1. The van der Waals surface area contributed by atoms with Crippen molar-refractivity contribution in [3.05, 3.63) is 54.1 Å². The van der Waals surface area contributed by atoms with E-state index in [1.54, 1.807) is 12.0 Å². The normalized spacial score (nSPS) is 18.9. The van der Waals surface area contributed by atoms with E-state index in [0.29, 0.717) is 12.6 Å². The van der Waals surface area contributed by atoms with Gasteiger partial charge in [-0.1, -0.05) is 36.8 Å². The van der Waals surface area contributed by atoms with Gasteiger partial charge in [-0.25, -0.2) is 0 Å². The Morgan fingerprint density at radius 3 is 2.23 bits per heavy atom. The highest BCUT2D eigenvalue weighted by Crippen LogP contribution is 2.18. The van der Waals surface area contributed by atoms with Crippen molar-refractivity contribution in [2.24, 2.45) is 0 Å². The highest BCUT2D eigenvalue weighted by atomic mass is 35.5. The molecule has 1 aliphatic rings. The van der Waals surface area contributed by atoms with Crippen molar-refractivity contribution in [1.29, 1.82) is 0 Å². The van der Waals surface area contributed by atoms with E-state index in [1.165, 1.54) is 16.2 Å². The zero-order valence-electron chi connectivity index (χ0n) is 18.8. The molecule has 0 bridgehead atoms. The summed E-state index contributed by atoms with van der Waals surface area (Å²) in [5, 5.41) is 0. The van der Waals surface area contributed by atoms with E-state index < -0.39 is 0 Å². The van der Waals surface area contributed by atoms with E-state index in [4.69, 9.17) is 14.2 Å². The predicted octanol–water partition coefficient (Wildman–Crippen LogP) is -4.70. The van der Waals surface area contributed by atoms with Crippen LogP contribution < -0.4 is 44.1 Å². The second kappa shape index (κ2) is 14.5. The van der Waals surface area contributed by atoms with Crippen LogP contribution in [0.5, 0.6) is 11.5 Å². The Kier molecular flexibility index (Phi) is 12.9. The summed E-state index contributed by atoms with van der Waals surface area (Å²) >= 11 is 0. The number of ether oxygens (including phenoxy) is 3. The second-order valence-electron chi connectivity index (χ2n) is 7.86. The minimum Gasteiger partial charge on any atom is -1.00 e. The molecule has 0 saturated carbocycles. The van der Waals surface area contributed by atoms with Crippen molar-refractivity contribution in [2.45, 2.75) is 26.3 Å². The lowest BCUT2D eigenvalue weighted by atomic mass is 10.2. The van der Waals surface area contributed by atoms with E-state index in [1.807, 2.05) is 6.07 Å². The standard InChI is InChI=1S/C24H34N2O3.2ClH/c1-4-17-28-18-21(19-29-22-11-9-20(2)10-12-22)25-13-15-26(16-14-25)23-7-5-6-8-24(23)27-3;;/h5-12,21H,4,13-19H2,1-3H3;2*1H. The number of rotatable bonds is 10. The van der Waals surface area contributed by atoms with E-state index in [9.17, 15) is 0 Å². The van der Waals surface area contributed by atoms with Gasteiger partial charge in [0.05, 0.1) is 7.11 Å². The molecule has 0 amide bonds. The zero-order chi connectivity index (χ0) is 20.5. The molecule has 2 N–H and O–H groups in total. The largest absolute Gasteiger partial charge is 1.00 e. The average molecular weight is 471 g/mol. The number of quaternary nitrogens is 2. The number of nitrogens with one attached hydrogen (secondary N) is 2. The first-order valence-corrected chi connectivity index (χ1v) is 10.8. The molecule has 0 aliphatic carbocycles. The third-order valence-electron chi connectivity index (χ3n) is 5.70. The van der Waals surface area contributed by atoms with Crippen LogP contribution in [0.25, 0.3) is 0 Å². The van der Waals surface area contributed by atoms with Gasteiger partial charge >= 0.3 is 0 Å². The lowest BCUT2D eigenvalue weighted by molar-refractivity contribution is -1.00. The van der Waals surface area contributed by atoms with E-state index in [-0.39, 0.29) is 24.8 Å². The van der Waals surface area contributed by atoms with Crippen molar-refractivity contribution in [1.82, 2.24) is 0 Å². The highest BCUT2D eigenvalue weighted by molar-refractivity contribution is 5.45. The van der Waals surface area contributed by atoms with Crippen molar-refractivity contribution in [3.63, 3.8) is 0 Å². The van der Waals surface area contributed by atoms with Crippen molar-refractivity contribution in [2.75, 3.05) is 53.1 Å². The Balaban J connectivity index is 0.00000240. The Morgan fingerprint density at radius 2 is 1.58 bits per heavy atom. The molecule has 174 valence electrons. The SMILES string of the molecule is CCCOCC(COc1ccc(C)cc1)[NH+]1CC[NH+](c2ccccc2OC)CC1.[Cl-].[Cl-]. The minimum absolute atomic E-state index is 0. The molecule has 2 aromatic carbocycles. The summed E-state index contributed by atoms with van der Waals surface area (Å²) in [7, 11) is 1.75. The van der Waals surface area contributed by atoms with Crippen LogP contribution in [-0.4, -0.2) is 59.2 Å². The monoisotopic (exact) mass is 470 g/mol. The lowest BCUT2D eigenvalue weighted by Gasteiger charge is -2.34. The molecule has 2 aromatic rings. The van der Waals surface area contributed by atoms with Gasteiger partial charge in [0, 0.05) is 12.7 Å². The summed E-state index contributed by atoms with van der Waals surface area (Å²) in [5.74, 6) is 1.92. The fourth-order valence-corrected chi connectivity index (χ4v) is 3.97. The molecular formula is C24H36Cl2N2O3. The number of methoxy groups -OCH3 is 1. The third-order valence-corrected chi connectivity index (χ3v) is 5.70. The third kappa shape index (κ3) is 8.17. The molecule has 31 heavy (non-hydrogen) atoms. The van der Waals surface area contributed by atoms with Gasteiger partial charge in [-0.15, -0.1) is 0 Å². The van der Waals surface area contributed by atoms with E-state index >= 15 is 0 Å². The Bertz CT molecular complexity index is 738. The molecule has 0 radical (unpaired) electrons. The number of benzene rings is 2. The van der Waals surface area contributed by atoms with Crippen LogP contribution in [0, 0.1) is 6.92 Å². The topological polar surface area (TPSA) is 36.6 Å². The number of hydrogen-bond donors (Lipinski definition) is 2. The van der Waals surface area contributed by atoms with Crippen molar-refractivity contribution in [3.8, 4) is 11.5 Å². The maximum absolute atomic E-state index is 6.13. The lowest BCUT2D eigenvalue weighted by Crippen LogP contribution is -3.28. The van der Waals surface area contributed by atoms with Gasteiger partial charge in [-0.05, 0) is 31.5 Å². The van der Waals surface area contributed by atoms with Crippen LogP contribution in [0.1, 0.15) is 18.9 Å². The average Bonchev–Trinajstić information content (AvgIpc) is 2.77. The zero-order valence-corrected chi connectivity index (χ0v) is 20.3. The van der Waals surface area contributed by atoms with Gasteiger partial charge < -0.3 is 43.9 Å². The molecule has 1 unspecified atom stereocenters. The summed E-state index contributed by atoms with van der Waals surface area (Å²) in [5.41, 5.74) is 2.52. The van der Waals surface area contributed by atoms with Gasteiger partial charge in [0.15, 0.2) is 11.4 Å². The van der Waals surface area contributed by atoms with Gasteiger partial charge in [0.1, 0.15) is 51.2 Å². The molecule has 3 rings (SSSR count). The first-order valence-electron chi connectivity index (χ1n) is 10.8. The molecule has 1 aliphatic heterocycles. The maximum atomic E-state index is 6.13. The number of para-hydroxylation sites is 2. The molecule has 5 nitrogen and oxygen atoms in total. The second-order valence-corrected chi connectivity index (χ2v) is 7.86. The van der Waals surface area contributed by atoms with Crippen LogP contribution in [0.2, 0.25) is 0 Å². The fraction of sp³-hybridized carbons (Fsp3) is 0.500. The van der Waals surface area contributed by atoms with Crippen LogP contribution in [0.15, 0.2) is 48.5 Å². The fourth-order valence-electron chi connectivity index (χ4n) is 3.97. The predicted molar refractivity (Wildman–Crippen MR) is 116 cm³/mol. The quantitative estimate of drug-likeness (QED) is 0.342. The number of hydrogen-bond acceptors (Lipinski definition) is 3. The Morgan fingerprint density at radius 1 is 0.903 bits per heavy atom. The van der Waals surface area contributed by atoms with E-state index in [2.05, 4.69) is 56.3 Å². The molecule has 0 aromatic heterocycles. The molecule has 1 fully saturated rings. The smallest absolute Gasteiger partial charge is 0.179 e. The minimum atomic E-state index is 0. The molecular weight excluding hydrogens is 435 g/mol. The van der Waals surface area contributed by atoms with Crippen LogP contribution in [0.3, 0.4) is 0 Å². The van der Waals surface area contributed by atoms with Gasteiger partial charge in [0.25, 0.3) is 0 Å². The maximum Gasteiger partial charge on any atom is 0.179 e. The first kappa shape index (κ1) is 27.5. The summed E-state index contributed by atoms with van der Waals surface area (Å²) in [6.45, 7) is 10.9. The summed E-state index contributed by atoms with van der Waals surface area (Å²) < 4.78 is 17.6. The Hall–Kier alpha value is -1.50. The molecule has 1 atom stereocenters. The molecule has 1 saturated heterocycles. The van der Waals surface area contributed by atoms with Gasteiger partial charge in [-0.2, -0.15) is 0 Å². The van der Waals surface area contributed by atoms with Crippen LogP contribution in [0.4, 0.5) is 5.69 Å². The first-order chi connectivity index (χ1) is 14.2. The summed E-state index contributed by atoms with van der Waals surface area (Å²) in [6, 6.07) is 17.0. The highest BCUT2D eigenvalue weighted by Gasteiger charge is 2.32. The Labute approximate surface area is 199 Å². The van der Waals surface area contributed by atoms with Gasteiger partial charge in [0.2, 0.25) is 0 Å². The van der Waals surface area contributed by atoms with E-state index in [0.717, 1.165) is 57.3 Å². The number of halogens is 2. The number of piperazine rings is 1. The van der Waals surface area contributed by atoms with Crippen molar-refractivity contribution < 1.29 is 48.8 Å². The molecule has 7 heteroatoms. The van der Waals surface area contributed by atoms with Gasteiger partial charge in [-0.3, -0.25) is 4.90 Å². The summed E-state index contributed by atoms with van der Waals surface area (Å²) in [4.78, 5) is 3.07. The molecule has 0 spiro atoms. The summed E-state index contributed by atoms with van der Waals surface area (Å²) in [6.07, 6.45) is 1.05. The molecule has 1 heterocycles. The van der Waals surface area contributed by atoms with Crippen molar-refractivity contribution >= 4 is 5.69 Å². The van der Waals surface area contributed by atoms with Crippen LogP contribution in [-0.2, 0) is 4.74 Å².